The number of hydrogen-bond acceptors (Lipinski definition) is 8. The monoisotopic (exact) mass is 673 g/mol. The lowest BCUT2D eigenvalue weighted by atomic mass is 10.0. The van der Waals surface area contributed by atoms with Gasteiger partial charge in [0, 0.05) is 19.4 Å². The van der Waals surface area contributed by atoms with Gasteiger partial charge < -0.3 is 30.5 Å². The maximum absolute atomic E-state index is 13.7. The second-order valence-corrected chi connectivity index (χ2v) is 11.6. The first kappa shape index (κ1) is 37.9. The molecular formula is C37H43N3O9. The van der Waals surface area contributed by atoms with Crippen molar-refractivity contribution in [1.29, 1.82) is 0 Å². The van der Waals surface area contributed by atoms with Gasteiger partial charge in [0.15, 0.2) is 12.4 Å². The average molecular weight is 674 g/mol. The zero-order valence-electron chi connectivity index (χ0n) is 27.7. The molecule has 4 N–H and O–H groups in total. The summed E-state index contributed by atoms with van der Waals surface area (Å²) in [6.07, 6.45) is -0.182. The predicted molar refractivity (Wildman–Crippen MR) is 181 cm³/mol. The van der Waals surface area contributed by atoms with Crippen LogP contribution in [0.2, 0.25) is 0 Å². The van der Waals surface area contributed by atoms with Crippen LogP contribution in [-0.2, 0) is 41.7 Å². The van der Waals surface area contributed by atoms with Crippen LogP contribution in [0, 0.1) is 13.8 Å². The van der Waals surface area contributed by atoms with Gasteiger partial charge in [0.2, 0.25) is 11.8 Å². The number of carbonyl (C=O) groups excluding carboxylic acids is 5. The minimum absolute atomic E-state index is 0.00790. The van der Waals surface area contributed by atoms with E-state index >= 15 is 0 Å². The smallest absolute Gasteiger partial charge is 0.408 e. The molecule has 49 heavy (non-hydrogen) atoms. The maximum atomic E-state index is 13.7. The number of carbonyl (C=O) groups is 6. The van der Waals surface area contributed by atoms with Gasteiger partial charge in [-0.15, -0.1) is 0 Å². The molecule has 12 nitrogen and oxygen atoms in total. The Hall–Kier alpha value is -5.52. The van der Waals surface area contributed by atoms with Gasteiger partial charge in [0.25, 0.3) is 0 Å². The highest BCUT2D eigenvalue weighted by molar-refractivity contribution is 5.96. The number of rotatable bonds is 19. The van der Waals surface area contributed by atoms with Crippen LogP contribution >= 0.6 is 0 Å². The predicted octanol–water partition coefficient (Wildman–Crippen LogP) is 4.20. The Balaban J connectivity index is 1.69. The highest BCUT2D eigenvalue weighted by Crippen LogP contribution is 2.15. The minimum Gasteiger partial charge on any atom is -0.481 e. The molecule has 0 bridgehead atoms. The van der Waals surface area contributed by atoms with E-state index in [0.29, 0.717) is 29.5 Å². The number of ether oxygens (including phenoxy) is 2. The van der Waals surface area contributed by atoms with Gasteiger partial charge in [0.05, 0.1) is 18.0 Å². The third kappa shape index (κ3) is 13.6. The Morgan fingerprint density at radius 3 is 1.98 bits per heavy atom. The van der Waals surface area contributed by atoms with Crippen molar-refractivity contribution in [2.24, 2.45) is 0 Å². The van der Waals surface area contributed by atoms with E-state index in [9.17, 15) is 28.8 Å². The van der Waals surface area contributed by atoms with Crippen LogP contribution in [0.5, 0.6) is 0 Å². The van der Waals surface area contributed by atoms with Crippen molar-refractivity contribution < 1.29 is 43.3 Å². The second kappa shape index (κ2) is 20.0. The number of esters is 1. The first-order valence-corrected chi connectivity index (χ1v) is 16.1. The molecular weight excluding hydrogens is 630 g/mol. The fraction of sp³-hybridized carbons (Fsp3) is 0.351. The normalized spacial score (nSPS) is 11.8. The molecule has 3 rings (SSSR count). The summed E-state index contributed by atoms with van der Waals surface area (Å²) in [6, 6.07) is 21.2. The summed E-state index contributed by atoms with van der Waals surface area (Å²) in [5, 5.41) is 16.7. The summed E-state index contributed by atoms with van der Waals surface area (Å²) >= 11 is 0. The minimum atomic E-state index is -1.10. The molecule has 0 saturated carbocycles. The lowest BCUT2D eigenvalue weighted by Gasteiger charge is -2.23. The van der Waals surface area contributed by atoms with Crippen molar-refractivity contribution in [3.63, 3.8) is 0 Å². The lowest BCUT2D eigenvalue weighted by molar-refractivity contribution is -0.138. The van der Waals surface area contributed by atoms with E-state index in [1.54, 1.807) is 62.4 Å². The van der Waals surface area contributed by atoms with Crippen molar-refractivity contribution in [3.05, 3.63) is 107 Å². The van der Waals surface area contributed by atoms with Gasteiger partial charge in [-0.3, -0.25) is 19.2 Å². The molecule has 2 unspecified atom stereocenters. The third-order valence-electron chi connectivity index (χ3n) is 7.65. The molecule has 0 aliphatic rings. The van der Waals surface area contributed by atoms with Gasteiger partial charge in [-0.25, -0.2) is 9.59 Å². The van der Waals surface area contributed by atoms with E-state index in [1.807, 2.05) is 30.3 Å². The van der Waals surface area contributed by atoms with Crippen molar-refractivity contribution in [3.8, 4) is 0 Å². The molecule has 3 aromatic rings. The zero-order valence-corrected chi connectivity index (χ0v) is 27.7. The number of carboxylic acid groups (broad SMARTS) is 1. The zero-order chi connectivity index (χ0) is 35.6. The van der Waals surface area contributed by atoms with Crippen LogP contribution in [-0.4, -0.2) is 66.0 Å². The number of unbranched alkanes of at least 4 members (excludes halogenated alkanes) is 1. The van der Waals surface area contributed by atoms with Crippen molar-refractivity contribution in [2.45, 2.75) is 71.1 Å². The summed E-state index contributed by atoms with van der Waals surface area (Å²) in [4.78, 5) is 75.4. The molecule has 2 atom stereocenters. The lowest BCUT2D eigenvalue weighted by Crippen LogP contribution is -2.53. The number of ketones is 1. The summed E-state index contributed by atoms with van der Waals surface area (Å²) in [7, 11) is 0. The van der Waals surface area contributed by atoms with E-state index in [4.69, 9.17) is 14.6 Å². The standard InChI is InChI=1S/C37H43N3O9/c1-25-12-11-13-26(2)34(25)36(46)48-24-31(41)29(18-9-10-21-38-32(42)19-20-33(43)44)39-35(45)30(22-27-14-5-3-6-15-27)40-37(47)49-23-28-16-7-4-8-17-28/h3-8,11-17,29-30H,9-10,18-24H2,1-2H3,(H,38,42)(H,39,45)(H,40,47)(H,43,44). The quantitative estimate of drug-likeness (QED) is 0.107. The Bertz CT molecular complexity index is 1560. The molecule has 0 aliphatic carbocycles. The first-order valence-electron chi connectivity index (χ1n) is 16.1. The van der Waals surface area contributed by atoms with E-state index in [0.717, 1.165) is 11.1 Å². The van der Waals surface area contributed by atoms with Crippen LogP contribution in [0.25, 0.3) is 0 Å². The summed E-state index contributed by atoms with van der Waals surface area (Å²) in [5.41, 5.74) is 3.27. The van der Waals surface area contributed by atoms with Crippen LogP contribution in [0.15, 0.2) is 78.9 Å². The van der Waals surface area contributed by atoms with Crippen molar-refractivity contribution >= 4 is 35.6 Å². The largest absolute Gasteiger partial charge is 0.481 e. The summed E-state index contributed by atoms with van der Waals surface area (Å²) in [6.45, 7) is 3.16. The molecule has 0 aromatic heterocycles. The summed E-state index contributed by atoms with van der Waals surface area (Å²) < 4.78 is 10.7. The van der Waals surface area contributed by atoms with Crippen LogP contribution in [0.4, 0.5) is 4.79 Å². The maximum Gasteiger partial charge on any atom is 0.408 e. The highest BCUT2D eigenvalue weighted by Gasteiger charge is 2.28. The topological polar surface area (TPSA) is 177 Å². The molecule has 0 saturated heterocycles. The number of Topliss-reactive ketones (excluding diaryl/α,β-unsaturated/α-hetero) is 1. The number of aryl methyl sites for hydroxylation is 2. The molecule has 0 radical (unpaired) electrons. The molecule has 0 spiro atoms. The van der Waals surface area contributed by atoms with Crippen LogP contribution < -0.4 is 16.0 Å². The Kier molecular flexibility index (Phi) is 15.5. The number of alkyl carbamates (subject to hydrolysis) is 1. The van der Waals surface area contributed by atoms with Crippen molar-refractivity contribution in [1.82, 2.24) is 16.0 Å². The number of aliphatic carboxylic acids is 1. The van der Waals surface area contributed by atoms with Gasteiger partial charge in [-0.2, -0.15) is 0 Å². The van der Waals surface area contributed by atoms with Crippen molar-refractivity contribution in [2.75, 3.05) is 13.2 Å². The van der Waals surface area contributed by atoms with Crippen LogP contribution in [0.3, 0.4) is 0 Å². The van der Waals surface area contributed by atoms with Gasteiger partial charge in [-0.1, -0.05) is 78.9 Å². The molecule has 12 heteroatoms. The number of nitrogens with one attached hydrogen (secondary N) is 3. The number of amides is 3. The van der Waals surface area contributed by atoms with Gasteiger partial charge in [-0.05, 0) is 55.4 Å². The fourth-order valence-corrected chi connectivity index (χ4v) is 5.01. The SMILES string of the molecule is Cc1cccc(C)c1C(=O)OCC(=O)C(CCCCNC(=O)CCC(=O)O)NC(=O)C(Cc1ccccc1)NC(=O)OCc1ccccc1. The highest BCUT2D eigenvalue weighted by atomic mass is 16.5. The Morgan fingerprint density at radius 2 is 1.35 bits per heavy atom. The Morgan fingerprint density at radius 1 is 0.714 bits per heavy atom. The number of carboxylic acids is 1. The molecule has 260 valence electrons. The number of benzene rings is 3. The van der Waals surface area contributed by atoms with Gasteiger partial charge >= 0.3 is 18.0 Å². The number of hydrogen-bond donors (Lipinski definition) is 4. The average Bonchev–Trinajstić information content (AvgIpc) is 3.08. The molecule has 0 heterocycles. The Labute approximate surface area is 285 Å². The molecule has 0 aliphatic heterocycles. The second-order valence-electron chi connectivity index (χ2n) is 11.6. The van der Waals surface area contributed by atoms with Gasteiger partial charge in [0.1, 0.15) is 12.6 Å². The van der Waals surface area contributed by atoms with E-state index in [2.05, 4.69) is 16.0 Å². The third-order valence-corrected chi connectivity index (χ3v) is 7.65. The fourth-order valence-electron chi connectivity index (χ4n) is 5.01. The summed E-state index contributed by atoms with van der Waals surface area (Å²) in [5.74, 6) is -3.33. The van der Waals surface area contributed by atoms with E-state index in [-0.39, 0.29) is 38.8 Å². The van der Waals surface area contributed by atoms with Crippen LogP contribution in [0.1, 0.15) is 64.7 Å². The molecule has 3 amide bonds. The van der Waals surface area contributed by atoms with E-state index in [1.165, 1.54) is 0 Å². The first-order chi connectivity index (χ1) is 23.5. The molecule has 0 fully saturated rings. The van der Waals surface area contributed by atoms with E-state index < -0.39 is 54.3 Å². The molecule has 3 aromatic carbocycles.